The van der Waals surface area contributed by atoms with E-state index in [1.165, 1.54) is 0 Å². The Morgan fingerprint density at radius 1 is 1.10 bits per heavy atom. The van der Waals surface area contributed by atoms with Crippen LogP contribution in [0, 0.1) is 5.92 Å². The van der Waals surface area contributed by atoms with Crippen molar-refractivity contribution >= 4 is 17.5 Å². The van der Waals surface area contributed by atoms with E-state index < -0.39 is 5.60 Å². The van der Waals surface area contributed by atoms with Crippen molar-refractivity contribution < 1.29 is 14.3 Å². The first-order chi connectivity index (χ1) is 13.7. The minimum atomic E-state index is -0.430. The number of nitrogens with two attached hydrogens (primary N) is 1. The molecule has 7 heteroatoms. The summed E-state index contributed by atoms with van der Waals surface area (Å²) in [6.07, 6.45) is 1.92. The molecule has 1 aromatic carbocycles. The molecule has 29 heavy (non-hydrogen) atoms. The van der Waals surface area contributed by atoms with Crippen molar-refractivity contribution in [2.45, 2.75) is 39.2 Å². The molecule has 2 saturated heterocycles. The number of nitrogens with zero attached hydrogens (tertiary/aromatic N) is 3. The lowest BCUT2D eigenvalue weighted by molar-refractivity contribution is 0.0169. The molecule has 1 aromatic rings. The highest BCUT2D eigenvalue weighted by molar-refractivity contribution is 5.68. The highest BCUT2D eigenvalue weighted by Crippen LogP contribution is 2.31. The molecule has 2 heterocycles. The van der Waals surface area contributed by atoms with E-state index in [1.807, 2.05) is 37.8 Å². The van der Waals surface area contributed by atoms with E-state index in [9.17, 15) is 4.79 Å². The molecule has 1 amide bonds. The first-order valence-electron chi connectivity index (χ1n) is 10.6. The number of ether oxygens (including phenoxy) is 2. The molecule has 0 aliphatic carbocycles. The molecule has 0 atom stereocenters. The molecule has 3 rings (SSSR count). The van der Waals surface area contributed by atoms with Gasteiger partial charge in [0.25, 0.3) is 0 Å². The van der Waals surface area contributed by atoms with Crippen LogP contribution in [0.5, 0.6) is 5.75 Å². The zero-order chi connectivity index (χ0) is 21.0. The van der Waals surface area contributed by atoms with Crippen molar-refractivity contribution in [2.24, 2.45) is 5.92 Å². The number of benzene rings is 1. The number of hydrogen-bond acceptors (Lipinski definition) is 6. The number of amides is 1. The topological polar surface area (TPSA) is 71.3 Å². The summed E-state index contributed by atoms with van der Waals surface area (Å²) >= 11 is 0. The van der Waals surface area contributed by atoms with E-state index in [1.54, 1.807) is 7.11 Å². The van der Waals surface area contributed by atoms with Crippen LogP contribution in [0.2, 0.25) is 0 Å². The standard InChI is InChI=1S/C22H36N4O3/c1-22(2,3)29-21(27)26-9-7-17(8-10-26)16-24-11-13-25(14-12-24)19-6-5-18(23)15-20(19)28-4/h5-6,15,17H,7-14,16,23H2,1-4H3. The van der Waals surface area contributed by atoms with Gasteiger partial charge in [0.2, 0.25) is 0 Å². The molecule has 0 radical (unpaired) electrons. The van der Waals surface area contributed by atoms with Gasteiger partial charge in [-0.05, 0) is 51.7 Å². The van der Waals surface area contributed by atoms with Crippen molar-refractivity contribution in [2.75, 3.05) is 63.6 Å². The molecule has 2 aliphatic rings. The molecular weight excluding hydrogens is 368 g/mol. The van der Waals surface area contributed by atoms with E-state index in [4.69, 9.17) is 15.2 Å². The minimum absolute atomic E-state index is 0.179. The van der Waals surface area contributed by atoms with Gasteiger partial charge in [0.05, 0.1) is 12.8 Å². The summed E-state index contributed by atoms with van der Waals surface area (Å²) < 4.78 is 11.0. The molecule has 0 aromatic heterocycles. The predicted molar refractivity (Wildman–Crippen MR) is 117 cm³/mol. The summed E-state index contributed by atoms with van der Waals surface area (Å²) in [5.41, 5.74) is 7.29. The number of rotatable bonds is 4. The average Bonchev–Trinajstić information content (AvgIpc) is 2.68. The summed E-state index contributed by atoms with van der Waals surface area (Å²) in [6.45, 7) is 12.5. The van der Waals surface area contributed by atoms with Crippen molar-refractivity contribution in [3.63, 3.8) is 0 Å². The number of likely N-dealkylation sites (tertiary alicyclic amines) is 1. The van der Waals surface area contributed by atoms with Gasteiger partial charge in [-0.15, -0.1) is 0 Å². The Kier molecular flexibility index (Phi) is 6.77. The van der Waals surface area contributed by atoms with Gasteiger partial charge in [-0.25, -0.2) is 4.79 Å². The van der Waals surface area contributed by atoms with Crippen molar-refractivity contribution in [1.29, 1.82) is 0 Å². The van der Waals surface area contributed by atoms with Crippen LogP contribution in [0.25, 0.3) is 0 Å². The molecular formula is C22H36N4O3. The lowest BCUT2D eigenvalue weighted by Crippen LogP contribution is -2.49. The van der Waals surface area contributed by atoms with Gasteiger partial charge < -0.3 is 25.0 Å². The van der Waals surface area contributed by atoms with E-state index in [0.717, 1.165) is 75.8 Å². The predicted octanol–water partition coefficient (Wildman–Crippen LogP) is 3.05. The number of carbonyl (C=O) groups is 1. The second-order valence-electron chi connectivity index (χ2n) is 9.13. The third-order valence-corrected chi connectivity index (χ3v) is 5.70. The Morgan fingerprint density at radius 3 is 2.34 bits per heavy atom. The van der Waals surface area contributed by atoms with Gasteiger partial charge in [0.15, 0.2) is 0 Å². The second-order valence-corrected chi connectivity index (χ2v) is 9.13. The maximum atomic E-state index is 12.2. The SMILES string of the molecule is COc1cc(N)ccc1N1CCN(CC2CCN(C(=O)OC(C)(C)C)CC2)CC1. The van der Waals surface area contributed by atoms with Crippen LogP contribution >= 0.6 is 0 Å². The summed E-state index contributed by atoms with van der Waals surface area (Å²) in [6, 6.07) is 5.87. The van der Waals surface area contributed by atoms with Gasteiger partial charge in [0, 0.05) is 57.6 Å². The number of carbonyl (C=O) groups excluding carboxylic acids is 1. The largest absolute Gasteiger partial charge is 0.495 e. The molecule has 2 N–H and O–H groups in total. The Labute approximate surface area is 174 Å². The van der Waals surface area contributed by atoms with Crippen molar-refractivity contribution in [3.05, 3.63) is 18.2 Å². The number of anilines is 2. The van der Waals surface area contributed by atoms with E-state index in [2.05, 4.69) is 15.9 Å². The smallest absolute Gasteiger partial charge is 0.410 e. The van der Waals surface area contributed by atoms with Gasteiger partial charge >= 0.3 is 6.09 Å². The lowest BCUT2D eigenvalue weighted by atomic mass is 9.96. The van der Waals surface area contributed by atoms with E-state index in [-0.39, 0.29) is 6.09 Å². The summed E-state index contributed by atoms with van der Waals surface area (Å²) in [5.74, 6) is 1.49. The first kappa shape index (κ1) is 21.6. The van der Waals surface area contributed by atoms with Gasteiger partial charge in [0.1, 0.15) is 11.4 Å². The molecule has 0 saturated carbocycles. The normalized spacial score (nSPS) is 19.3. The Bertz CT molecular complexity index is 688. The third kappa shape index (κ3) is 5.92. The highest BCUT2D eigenvalue weighted by atomic mass is 16.6. The van der Waals surface area contributed by atoms with E-state index >= 15 is 0 Å². The number of piperazine rings is 1. The fourth-order valence-corrected chi connectivity index (χ4v) is 4.12. The van der Waals surface area contributed by atoms with Gasteiger partial charge in [-0.2, -0.15) is 0 Å². The van der Waals surface area contributed by atoms with Crippen molar-refractivity contribution in [1.82, 2.24) is 9.80 Å². The third-order valence-electron chi connectivity index (χ3n) is 5.70. The Balaban J connectivity index is 1.43. The molecule has 2 aliphatic heterocycles. The number of methoxy groups -OCH3 is 1. The second kappa shape index (κ2) is 9.11. The zero-order valence-corrected chi connectivity index (χ0v) is 18.3. The zero-order valence-electron chi connectivity index (χ0n) is 18.3. The van der Waals surface area contributed by atoms with E-state index in [0.29, 0.717) is 5.92 Å². The summed E-state index contributed by atoms with van der Waals surface area (Å²) in [7, 11) is 1.69. The van der Waals surface area contributed by atoms with Crippen LogP contribution in [0.3, 0.4) is 0 Å². The molecule has 0 spiro atoms. The molecule has 2 fully saturated rings. The average molecular weight is 405 g/mol. The molecule has 162 valence electrons. The van der Waals surface area contributed by atoms with Crippen LogP contribution in [-0.4, -0.2) is 74.4 Å². The summed E-state index contributed by atoms with van der Waals surface area (Å²) in [4.78, 5) is 19.0. The lowest BCUT2D eigenvalue weighted by Gasteiger charge is -2.40. The maximum absolute atomic E-state index is 12.2. The van der Waals surface area contributed by atoms with Gasteiger partial charge in [-0.1, -0.05) is 0 Å². The fourth-order valence-electron chi connectivity index (χ4n) is 4.12. The number of hydrogen-bond donors (Lipinski definition) is 1. The van der Waals surface area contributed by atoms with Crippen molar-refractivity contribution in [3.8, 4) is 5.75 Å². The van der Waals surface area contributed by atoms with Crippen LogP contribution in [0.15, 0.2) is 18.2 Å². The number of nitrogen functional groups attached to an aromatic ring is 1. The Hall–Kier alpha value is -2.15. The first-order valence-corrected chi connectivity index (χ1v) is 10.6. The highest BCUT2D eigenvalue weighted by Gasteiger charge is 2.28. The van der Waals surface area contributed by atoms with Crippen LogP contribution in [-0.2, 0) is 4.74 Å². The number of piperidine rings is 1. The maximum Gasteiger partial charge on any atom is 0.410 e. The molecule has 0 unspecified atom stereocenters. The van der Waals surface area contributed by atoms with Crippen LogP contribution < -0.4 is 15.4 Å². The van der Waals surface area contributed by atoms with Crippen LogP contribution in [0.4, 0.5) is 16.2 Å². The molecule has 0 bridgehead atoms. The molecule has 7 nitrogen and oxygen atoms in total. The summed E-state index contributed by atoms with van der Waals surface area (Å²) in [5, 5.41) is 0. The van der Waals surface area contributed by atoms with Gasteiger partial charge in [-0.3, -0.25) is 4.90 Å². The van der Waals surface area contributed by atoms with Crippen LogP contribution in [0.1, 0.15) is 33.6 Å². The monoisotopic (exact) mass is 404 g/mol. The quantitative estimate of drug-likeness (QED) is 0.778. The minimum Gasteiger partial charge on any atom is -0.495 e. The Morgan fingerprint density at radius 2 is 1.76 bits per heavy atom. The fraction of sp³-hybridized carbons (Fsp3) is 0.682.